The molecule has 1 saturated heterocycles. The van der Waals surface area contributed by atoms with Crippen LogP contribution in [-0.4, -0.2) is 46.4 Å². The van der Waals surface area contributed by atoms with Crippen LogP contribution in [0.25, 0.3) is 0 Å². The minimum absolute atomic E-state index is 0.315. The molecule has 1 aromatic carbocycles. The van der Waals surface area contributed by atoms with E-state index in [2.05, 4.69) is 5.32 Å². The minimum Gasteiger partial charge on any atom is -0.480 e. The summed E-state index contributed by atoms with van der Waals surface area (Å²) in [5, 5.41) is 12.5. The maximum absolute atomic E-state index is 12.0. The van der Waals surface area contributed by atoms with Gasteiger partial charge in [-0.25, -0.2) is 4.79 Å². The third-order valence-corrected chi connectivity index (χ3v) is 3.93. The van der Waals surface area contributed by atoms with Gasteiger partial charge in [-0.15, -0.1) is 0 Å². The number of carbonyl (C=O) groups is 2. The number of rotatable bonds is 5. The monoisotopic (exact) mass is 334 g/mol. The predicted molar refractivity (Wildman–Crippen MR) is 90.7 cm³/mol. The van der Waals surface area contributed by atoms with Gasteiger partial charge in [-0.1, -0.05) is 30.3 Å². The van der Waals surface area contributed by atoms with E-state index in [1.807, 2.05) is 35.2 Å². The topological polar surface area (TPSA) is 78.9 Å². The first-order chi connectivity index (χ1) is 11.3. The van der Waals surface area contributed by atoms with E-state index in [0.717, 1.165) is 18.4 Å². The van der Waals surface area contributed by atoms with Crippen LogP contribution >= 0.6 is 0 Å². The molecule has 1 fully saturated rings. The molecule has 24 heavy (non-hydrogen) atoms. The number of nitrogens with one attached hydrogen (secondary N) is 1. The van der Waals surface area contributed by atoms with Crippen LogP contribution in [0, 0.1) is 0 Å². The molecule has 1 aliphatic rings. The number of hydrogen-bond acceptors (Lipinski definition) is 4. The number of carboxylic acid groups (broad SMARTS) is 1. The minimum atomic E-state index is -0.878. The molecule has 132 valence electrons. The summed E-state index contributed by atoms with van der Waals surface area (Å²) < 4.78 is 5.28. The standard InChI is InChI=1S/C18H26N2O4/c1-18(2,3)24-17(23)19-15-10-7-11-20(15)14(16(21)22)12-13-8-5-4-6-9-13/h4-6,8-9,14-15H,7,10-12H2,1-3H3,(H,19,23)(H,21,22)/t14?,15-/m0/s1. The first-order valence-electron chi connectivity index (χ1n) is 8.28. The molecule has 0 saturated carbocycles. The molecule has 6 nitrogen and oxygen atoms in total. The Balaban J connectivity index is 2.05. The summed E-state index contributed by atoms with van der Waals surface area (Å²) in [6.07, 6.45) is 1.15. The Kier molecular flexibility index (Phi) is 5.83. The van der Waals surface area contributed by atoms with Gasteiger partial charge in [-0.05, 0) is 45.6 Å². The number of carboxylic acids is 1. The van der Waals surface area contributed by atoms with Crippen LogP contribution in [0.3, 0.4) is 0 Å². The molecule has 6 heteroatoms. The van der Waals surface area contributed by atoms with Crippen LogP contribution in [0.15, 0.2) is 30.3 Å². The molecular weight excluding hydrogens is 308 g/mol. The first kappa shape index (κ1) is 18.3. The summed E-state index contributed by atoms with van der Waals surface area (Å²) >= 11 is 0. The SMILES string of the molecule is CC(C)(C)OC(=O)N[C@@H]1CCCN1C(Cc1ccccc1)C(=O)O. The second-order valence-corrected chi connectivity index (χ2v) is 7.09. The molecule has 1 amide bonds. The summed E-state index contributed by atoms with van der Waals surface area (Å²) in [4.78, 5) is 25.6. The lowest BCUT2D eigenvalue weighted by molar-refractivity contribution is -0.144. The molecule has 1 aromatic rings. The van der Waals surface area contributed by atoms with Crippen LogP contribution in [0.1, 0.15) is 39.2 Å². The number of likely N-dealkylation sites (tertiary alicyclic amines) is 1. The first-order valence-corrected chi connectivity index (χ1v) is 8.28. The number of hydrogen-bond donors (Lipinski definition) is 2. The molecule has 1 unspecified atom stereocenters. The molecule has 2 N–H and O–H groups in total. The maximum Gasteiger partial charge on any atom is 0.408 e. The van der Waals surface area contributed by atoms with Gasteiger partial charge in [0.1, 0.15) is 11.6 Å². The van der Waals surface area contributed by atoms with E-state index < -0.39 is 23.7 Å². The lowest BCUT2D eigenvalue weighted by Gasteiger charge is -2.31. The van der Waals surface area contributed by atoms with Crippen molar-refractivity contribution in [3.05, 3.63) is 35.9 Å². The second kappa shape index (κ2) is 7.66. The van der Waals surface area contributed by atoms with Crippen molar-refractivity contribution in [2.24, 2.45) is 0 Å². The molecule has 0 spiro atoms. The second-order valence-electron chi connectivity index (χ2n) is 7.09. The van der Waals surface area contributed by atoms with Gasteiger partial charge in [-0.3, -0.25) is 9.69 Å². The summed E-state index contributed by atoms with van der Waals surface area (Å²) in [6.45, 7) is 6.04. The molecule has 0 aliphatic carbocycles. The Morgan fingerprint density at radius 2 is 2.00 bits per heavy atom. The van der Waals surface area contributed by atoms with Crippen molar-refractivity contribution in [1.29, 1.82) is 0 Å². The van der Waals surface area contributed by atoms with E-state index in [-0.39, 0.29) is 6.17 Å². The Morgan fingerprint density at radius 1 is 1.33 bits per heavy atom. The number of aliphatic carboxylic acids is 1. The molecule has 0 bridgehead atoms. The van der Waals surface area contributed by atoms with Crippen molar-refractivity contribution >= 4 is 12.1 Å². The maximum atomic E-state index is 12.0. The zero-order valence-corrected chi connectivity index (χ0v) is 14.5. The van der Waals surface area contributed by atoms with Crippen molar-refractivity contribution in [2.45, 2.75) is 57.8 Å². The zero-order chi connectivity index (χ0) is 17.7. The average molecular weight is 334 g/mol. The third-order valence-electron chi connectivity index (χ3n) is 3.93. The van der Waals surface area contributed by atoms with Crippen LogP contribution < -0.4 is 5.32 Å². The van der Waals surface area contributed by atoms with E-state index in [9.17, 15) is 14.7 Å². The smallest absolute Gasteiger partial charge is 0.408 e. The van der Waals surface area contributed by atoms with Gasteiger partial charge < -0.3 is 15.2 Å². The fourth-order valence-electron chi connectivity index (χ4n) is 2.94. The van der Waals surface area contributed by atoms with Crippen molar-refractivity contribution in [3.63, 3.8) is 0 Å². The Bertz CT molecular complexity index is 568. The number of ether oxygens (including phenoxy) is 1. The molecule has 1 aliphatic heterocycles. The van der Waals surface area contributed by atoms with E-state index in [1.165, 1.54) is 0 Å². The number of benzene rings is 1. The molecule has 1 heterocycles. The van der Waals surface area contributed by atoms with E-state index >= 15 is 0 Å². The fraction of sp³-hybridized carbons (Fsp3) is 0.556. The van der Waals surface area contributed by atoms with Crippen LogP contribution in [0.2, 0.25) is 0 Å². The highest BCUT2D eigenvalue weighted by molar-refractivity contribution is 5.74. The quantitative estimate of drug-likeness (QED) is 0.865. The number of carbonyl (C=O) groups excluding carboxylic acids is 1. The molecule has 2 atom stereocenters. The lowest BCUT2D eigenvalue weighted by Crippen LogP contribution is -2.53. The summed E-state index contributed by atoms with van der Waals surface area (Å²) in [6, 6.07) is 8.87. The zero-order valence-electron chi connectivity index (χ0n) is 14.5. The van der Waals surface area contributed by atoms with Gasteiger partial charge in [-0.2, -0.15) is 0 Å². The lowest BCUT2D eigenvalue weighted by atomic mass is 10.0. The van der Waals surface area contributed by atoms with Gasteiger partial charge >= 0.3 is 12.1 Å². The van der Waals surface area contributed by atoms with Crippen molar-refractivity contribution in [1.82, 2.24) is 10.2 Å². The van der Waals surface area contributed by atoms with Gasteiger partial charge in [0.25, 0.3) is 0 Å². The number of amides is 1. The average Bonchev–Trinajstić information content (AvgIpc) is 2.91. The summed E-state index contributed by atoms with van der Waals surface area (Å²) in [5.41, 5.74) is 0.386. The van der Waals surface area contributed by atoms with Crippen LogP contribution in [0.4, 0.5) is 4.79 Å². The normalized spacial score (nSPS) is 19.7. The number of alkyl carbamates (subject to hydrolysis) is 1. The van der Waals surface area contributed by atoms with Gasteiger partial charge in [0.05, 0.1) is 6.17 Å². The van der Waals surface area contributed by atoms with Gasteiger partial charge in [0, 0.05) is 6.54 Å². The Hall–Kier alpha value is -2.08. The molecular formula is C18H26N2O4. The predicted octanol–water partition coefficient (Wildman–Crippen LogP) is 2.63. The summed E-state index contributed by atoms with van der Waals surface area (Å²) in [5.74, 6) is -0.878. The molecule has 0 radical (unpaired) electrons. The van der Waals surface area contributed by atoms with Crippen LogP contribution in [0.5, 0.6) is 0 Å². The van der Waals surface area contributed by atoms with E-state index in [1.54, 1.807) is 20.8 Å². The van der Waals surface area contributed by atoms with E-state index in [4.69, 9.17) is 4.74 Å². The third kappa shape index (κ3) is 5.23. The van der Waals surface area contributed by atoms with Crippen molar-refractivity contribution in [3.8, 4) is 0 Å². The number of nitrogens with zero attached hydrogens (tertiary/aromatic N) is 1. The molecule has 2 rings (SSSR count). The van der Waals surface area contributed by atoms with Gasteiger partial charge in [0.2, 0.25) is 0 Å². The van der Waals surface area contributed by atoms with Crippen molar-refractivity contribution in [2.75, 3.05) is 6.54 Å². The Labute approximate surface area is 142 Å². The van der Waals surface area contributed by atoms with Gasteiger partial charge in [0.15, 0.2) is 0 Å². The van der Waals surface area contributed by atoms with Crippen molar-refractivity contribution < 1.29 is 19.4 Å². The largest absolute Gasteiger partial charge is 0.480 e. The van der Waals surface area contributed by atoms with E-state index in [0.29, 0.717) is 13.0 Å². The fourth-order valence-corrected chi connectivity index (χ4v) is 2.94. The summed E-state index contributed by atoms with van der Waals surface area (Å²) in [7, 11) is 0. The highest BCUT2D eigenvalue weighted by Gasteiger charge is 2.36. The highest BCUT2D eigenvalue weighted by Crippen LogP contribution is 2.21. The highest BCUT2D eigenvalue weighted by atomic mass is 16.6. The van der Waals surface area contributed by atoms with Crippen LogP contribution in [-0.2, 0) is 16.0 Å². The Morgan fingerprint density at radius 3 is 2.58 bits per heavy atom. The molecule has 0 aromatic heterocycles.